The van der Waals surface area contributed by atoms with Gasteiger partial charge in [-0.3, -0.25) is 4.79 Å². The fraction of sp³-hybridized carbons (Fsp3) is 0.909. The van der Waals surface area contributed by atoms with E-state index in [0.29, 0.717) is 5.92 Å². The lowest BCUT2D eigenvalue weighted by atomic mass is 9.79. The number of carboxylic acid groups (broad SMARTS) is 1. The first-order valence-corrected chi connectivity index (χ1v) is 5.73. The third-order valence-corrected chi connectivity index (χ3v) is 3.78. The first-order valence-electron chi connectivity index (χ1n) is 5.73. The number of rotatable bonds is 2. The summed E-state index contributed by atoms with van der Waals surface area (Å²) >= 11 is 0. The van der Waals surface area contributed by atoms with Crippen molar-refractivity contribution in [3.8, 4) is 0 Å². The lowest BCUT2D eigenvalue weighted by Gasteiger charge is -2.26. The van der Waals surface area contributed by atoms with Gasteiger partial charge in [0.15, 0.2) is 0 Å². The first-order chi connectivity index (χ1) is 6.77. The normalized spacial score (nSPS) is 34.6. The maximum absolute atomic E-state index is 10.8. The van der Waals surface area contributed by atoms with Gasteiger partial charge >= 0.3 is 5.97 Å². The maximum atomic E-state index is 10.8. The zero-order chi connectivity index (χ0) is 9.97. The average molecular weight is 197 g/mol. The molecule has 3 heteroatoms. The molecule has 2 rings (SSSR count). The number of hydrogen-bond donors (Lipinski definition) is 2. The van der Waals surface area contributed by atoms with Crippen molar-refractivity contribution in [3.05, 3.63) is 0 Å². The molecule has 0 aromatic rings. The van der Waals surface area contributed by atoms with Gasteiger partial charge in [0.1, 0.15) is 6.04 Å². The van der Waals surface area contributed by atoms with E-state index in [1.165, 1.54) is 32.1 Å². The summed E-state index contributed by atoms with van der Waals surface area (Å²) in [4.78, 5) is 10.8. The van der Waals surface area contributed by atoms with Crippen LogP contribution in [0.5, 0.6) is 0 Å². The van der Waals surface area contributed by atoms with E-state index >= 15 is 0 Å². The molecule has 80 valence electrons. The molecule has 2 unspecified atom stereocenters. The summed E-state index contributed by atoms with van der Waals surface area (Å²) in [5.41, 5.74) is 0. The van der Waals surface area contributed by atoms with Crippen LogP contribution in [0.4, 0.5) is 0 Å². The second-order valence-corrected chi connectivity index (χ2v) is 4.69. The van der Waals surface area contributed by atoms with Crippen LogP contribution < -0.4 is 5.32 Å². The van der Waals surface area contributed by atoms with Crippen molar-refractivity contribution in [1.82, 2.24) is 5.32 Å². The fourth-order valence-electron chi connectivity index (χ4n) is 2.92. The molecule has 0 radical (unpaired) electrons. The molecule has 0 bridgehead atoms. The van der Waals surface area contributed by atoms with E-state index in [1.807, 2.05) is 0 Å². The first kappa shape index (κ1) is 9.97. The molecule has 3 nitrogen and oxygen atoms in total. The molecule has 1 saturated carbocycles. The number of aliphatic carboxylic acids is 1. The number of nitrogens with one attached hydrogen (secondary N) is 1. The van der Waals surface area contributed by atoms with Gasteiger partial charge < -0.3 is 10.4 Å². The highest BCUT2D eigenvalue weighted by atomic mass is 16.4. The van der Waals surface area contributed by atoms with Crippen LogP contribution in [0.2, 0.25) is 0 Å². The summed E-state index contributed by atoms with van der Waals surface area (Å²) in [6, 6.07) is -0.276. The van der Waals surface area contributed by atoms with E-state index in [0.717, 1.165) is 18.9 Å². The Bertz CT molecular complexity index is 211. The molecule has 1 saturated heterocycles. The monoisotopic (exact) mass is 197 g/mol. The highest BCUT2D eigenvalue weighted by molar-refractivity contribution is 5.73. The van der Waals surface area contributed by atoms with Crippen LogP contribution in [0.25, 0.3) is 0 Å². The van der Waals surface area contributed by atoms with Crippen LogP contribution in [-0.4, -0.2) is 23.7 Å². The molecule has 14 heavy (non-hydrogen) atoms. The van der Waals surface area contributed by atoms with Crippen molar-refractivity contribution in [1.29, 1.82) is 0 Å². The molecule has 0 aromatic carbocycles. The Labute approximate surface area is 84.9 Å². The molecule has 1 aliphatic carbocycles. The molecule has 2 N–H and O–H groups in total. The SMILES string of the molecule is O=C(O)C1CC(C2CCCCC2)CN1. The summed E-state index contributed by atoms with van der Waals surface area (Å²) in [5, 5.41) is 12.0. The third kappa shape index (κ3) is 2.08. The Morgan fingerprint density at radius 1 is 1.14 bits per heavy atom. The minimum absolute atomic E-state index is 0.276. The topological polar surface area (TPSA) is 49.3 Å². The largest absolute Gasteiger partial charge is 0.480 e. The summed E-state index contributed by atoms with van der Waals surface area (Å²) in [6.07, 6.45) is 7.55. The Morgan fingerprint density at radius 3 is 2.43 bits per heavy atom. The number of carboxylic acids is 1. The number of hydrogen-bond acceptors (Lipinski definition) is 2. The molecule has 2 fully saturated rings. The van der Waals surface area contributed by atoms with Crippen LogP contribution in [0, 0.1) is 11.8 Å². The van der Waals surface area contributed by atoms with E-state index in [4.69, 9.17) is 5.11 Å². The second-order valence-electron chi connectivity index (χ2n) is 4.69. The minimum atomic E-state index is -0.677. The molecule has 0 spiro atoms. The summed E-state index contributed by atoms with van der Waals surface area (Å²) in [7, 11) is 0. The van der Waals surface area contributed by atoms with Gasteiger partial charge in [0.25, 0.3) is 0 Å². The highest BCUT2D eigenvalue weighted by Gasteiger charge is 2.34. The third-order valence-electron chi connectivity index (χ3n) is 3.78. The summed E-state index contributed by atoms with van der Waals surface area (Å²) < 4.78 is 0. The van der Waals surface area contributed by atoms with E-state index in [-0.39, 0.29) is 6.04 Å². The number of carbonyl (C=O) groups is 1. The van der Waals surface area contributed by atoms with Gasteiger partial charge in [0.2, 0.25) is 0 Å². The van der Waals surface area contributed by atoms with Crippen LogP contribution >= 0.6 is 0 Å². The van der Waals surface area contributed by atoms with E-state index in [9.17, 15) is 4.79 Å². The molecule has 0 amide bonds. The van der Waals surface area contributed by atoms with Crippen LogP contribution in [-0.2, 0) is 4.79 Å². The van der Waals surface area contributed by atoms with E-state index in [2.05, 4.69) is 5.32 Å². The van der Waals surface area contributed by atoms with Crippen molar-refractivity contribution < 1.29 is 9.90 Å². The summed E-state index contributed by atoms with van der Waals surface area (Å²) in [5.74, 6) is 0.736. The van der Waals surface area contributed by atoms with Gasteiger partial charge in [-0.15, -0.1) is 0 Å². The Hall–Kier alpha value is -0.570. The Balaban J connectivity index is 1.85. The van der Waals surface area contributed by atoms with Gasteiger partial charge in [-0.25, -0.2) is 0 Å². The highest BCUT2D eigenvalue weighted by Crippen LogP contribution is 2.34. The van der Waals surface area contributed by atoms with Crippen molar-refractivity contribution >= 4 is 5.97 Å². The van der Waals surface area contributed by atoms with Crippen LogP contribution in [0.3, 0.4) is 0 Å². The zero-order valence-corrected chi connectivity index (χ0v) is 8.54. The molecule has 0 aromatic heterocycles. The predicted molar refractivity (Wildman–Crippen MR) is 54.1 cm³/mol. The second kappa shape index (κ2) is 4.30. The maximum Gasteiger partial charge on any atom is 0.320 e. The van der Waals surface area contributed by atoms with Crippen molar-refractivity contribution in [3.63, 3.8) is 0 Å². The standard InChI is InChI=1S/C11H19NO2/c13-11(14)10-6-9(7-12-10)8-4-2-1-3-5-8/h8-10,12H,1-7H2,(H,13,14). The molecular formula is C11H19NO2. The van der Waals surface area contributed by atoms with Crippen molar-refractivity contribution in [2.45, 2.75) is 44.6 Å². The van der Waals surface area contributed by atoms with Gasteiger partial charge in [0, 0.05) is 0 Å². The van der Waals surface area contributed by atoms with Crippen molar-refractivity contribution in [2.75, 3.05) is 6.54 Å². The lowest BCUT2D eigenvalue weighted by molar-refractivity contribution is -0.139. The van der Waals surface area contributed by atoms with Crippen LogP contribution in [0.1, 0.15) is 38.5 Å². The summed E-state index contributed by atoms with van der Waals surface area (Å²) in [6.45, 7) is 0.918. The minimum Gasteiger partial charge on any atom is -0.480 e. The molecule has 2 aliphatic rings. The van der Waals surface area contributed by atoms with Gasteiger partial charge in [0.05, 0.1) is 0 Å². The van der Waals surface area contributed by atoms with E-state index < -0.39 is 5.97 Å². The van der Waals surface area contributed by atoms with Crippen LogP contribution in [0.15, 0.2) is 0 Å². The Kier molecular flexibility index (Phi) is 3.06. The molecular weight excluding hydrogens is 178 g/mol. The predicted octanol–water partition coefficient (Wildman–Crippen LogP) is 1.63. The molecule has 1 aliphatic heterocycles. The van der Waals surface area contributed by atoms with Gasteiger partial charge in [-0.2, -0.15) is 0 Å². The van der Waals surface area contributed by atoms with Gasteiger partial charge in [-0.1, -0.05) is 32.1 Å². The quantitative estimate of drug-likeness (QED) is 0.707. The zero-order valence-electron chi connectivity index (χ0n) is 8.54. The lowest BCUT2D eigenvalue weighted by Crippen LogP contribution is -2.29. The molecule has 1 heterocycles. The molecule has 2 atom stereocenters. The van der Waals surface area contributed by atoms with Crippen molar-refractivity contribution in [2.24, 2.45) is 11.8 Å². The smallest absolute Gasteiger partial charge is 0.320 e. The van der Waals surface area contributed by atoms with E-state index in [1.54, 1.807) is 0 Å². The average Bonchev–Trinajstić information content (AvgIpc) is 2.68. The Morgan fingerprint density at radius 2 is 1.86 bits per heavy atom. The van der Waals surface area contributed by atoms with Gasteiger partial charge in [-0.05, 0) is 24.8 Å². The fourth-order valence-corrected chi connectivity index (χ4v) is 2.92.